The summed E-state index contributed by atoms with van der Waals surface area (Å²) in [7, 11) is 0. The Morgan fingerprint density at radius 3 is 2.71 bits per heavy atom. The zero-order chi connectivity index (χ0) is 15.4. The summed E-state index contributed by atoms with van der Waals surface area (Å²) in [5, 5.41) is 0. The molecule has 0 aliphatic heterocycles. The fraction of sp³-hybridized carbons (Fsp3) is 0.312. The molecule has 2 aromatic rings. The summed E-state index contributed by atoms with van der Waals surface area (Å²) in [6.45, 7) is 6.41. The Balaban J connectivity index is 2.43. The number of hydrogen-bond donors (Lipinski definition) is 2. The summed E-state index contributed by atoms with van der Waals surface area (Å²) in [5.74, 6) is 0.357. The minimum Gasteiger partial charge on any atom is -0.494 e. The van der Waals surface area contributed by atoms with Gasteiger partial charge >= 0.3 is 5.97 Å². The van der Waals surface area contributed by atoms with Crippen molar-refractivity contribution in [3.05, 3.63) is 35.5 Å². The first-order valence-corrected chi connectivity index (χ1v) is 6.96. The summed E-state index contributed by atoms with van der Waals surface area (Å²) in [5.41, 5.74) is 9.19. The number of aryl methyl sites for hydroxylation is 1. The van der Waals surface area contributed by atoms with Gasteiger partial charge in [-0.3, -0.25) is 0 Å². The van der Waals surface area contributed by atoms with Crippen molar-refractivity contribution >= 4 is 11.7 Å². The summed E-state index contributed by atoms with van der Waals surface area (Å²) in [6, 6.07) is 7.57. The van der Waals surface area contributed by atoms with Gasteiger partial charge in [0, 0.05) is 11.3 Å². The molecular weight excluding hydrogens is 268 g/mol. The van der Waals surface area contributed by atoms with Gasteiger partial charge in [0.05, 0.1) is 24.6 Å². The number of ether oxygens (including phenoxy) is 2. The molecule has 0 amide bonds. The van der Waals surface area contributed by atoms with Crippen molar-refractivity contribution in [2.45, 2.75) is 20.8 Å². The SMILES string of the molecule is CCOC(=O)c1c(C)[nH]c(-c2cccc(OCC)c2)c1N. The van der Waals surface area contributed by atoms with Crippen LogP contribution in [0, 0.1) is 6.92 Å². The van der Waals surface area contributed by atoms with E-state index in [1.165, 1.54) is 0 Å². The Morgan fingerprint density at radius 1 is 1.29 bits per heavy atom. The Kier molecular flexibility index (Phi) is 4.52. The number of esters is 1. The summed E-state index contributed by atoms with van der Waals surface area (Å²) < 4.78 is 10.5. The molecule has 1 aromatic heterocycles. The van der Waals surface area contributed by atoms with Crippen molar-refractivity contribution in [1.29, 1.82) is 0 Å². The Morgan fingerprint density at radius 2 is 2.05 bits per heavy atom. The van der Waals surface area contributed by atoms with Gasteiger partial charge in [0.15, 0.2) is 0 Å². The largest absolute Gasteiger partial charge is 0.494 e. The highest BCUT2D eigenvalue weighted by atomic mass is 16.5. The Labute approximate surface area is 124 Å². The first-order chi connectivity index (χ1) is 10.1. The number of nitrogen functional groups attached to an aromatic ring is 1. The number of nitrogens with two attached hydrogens (primary N) is 1. The second kappa shape index (κ2) is 6.35. The van der Waals surface area contributed by atoms with E-state index < -0.39 is 5.97 Å². The maximum atomic E-state index is 12.0. The molecule has 0 spiro atoms. The number of hydrogen-bond acceptors (Lipinski definition) is 4. The lowest BCUT2D eigenvalue weighted by Gasteiger charge is -2.06. The highest BCUT2D eigenvalue weighted by molar-refractivity contribution is 6.00. The van der Waals surface area contributed by atoms with Crippen LogP contribution in [-0.2, 0) is 4.74 Å². The van der Waals surface area contributed by atoms with E-state index in [2.05, 4.69) is 4.98 Å². The van der Waals surface area contributed by atoms with Gasteiger partial charge in [0.2, 0.25) is 0 Å². The zero-order valence-corrected chi connectivity index (χ0v) is 12.5. The second-order valence-corrected chi connectivity index (χ2v) is 4.59. The van der Waals surface area contributed by atoms with Gasteiger partial charge in [0.25, 0.3) is 0 Å². The van der Waals surface area contributed by atoms with Crippen LogP contribution in [0.15, 0.2) is 24.3 Å². The standard InChI is InChI=1S/C16H20N2O3/c1-4-20-12-8-6-7-11(9-12)15-14(17)13(10(3)18-15)16(19)21-5-2/h6-9,18H,4-5,17H2,1-3H3. The van der Waals surface area contributed by atoms with Gasteiger partial charge < -0.3 is 20.2 Å². The van der Waals surface area contributed by atoms with Crippen LogP contribution in [-0.4, -0.2) is 24.2 Å². The van der Waals surface area contributed by atoms with Crippen LogP contribution in [0.4, 0.5) is 5.69 Å². The van der Waals surface area contributed by atoms with Crippen molar-refractivity contribution in [1.82, 2.24) is 4.98 Å². The molecule has 0 saturated carbocycles. The molecule has 1 aromatic carbocycles. The molecule has 112 valence electrons. The van der Waals surface area contributed by atoms with Crippen LogP contribution >= 0.6 is 0 Å². The lowest BCUT2D eigenvalue weighted by atomic mass is 10.1. The van der Waals surface area contributed by atoms with E-state index in [4.69, 9.17) is 15.2 Å². The predicted octanol–water partition coefficient (Wildman–Crippen LogP) is 3.15. The number of anilines is 1. The third kappa shape index (κ3) is 3.02. The van der Waals surface area contributed by atoms with Crippen molar-refractivity contribution in [2.24, 2.45) is 0 Å². The molecule has 3 N–H and O–H groups in total. The lowest BCUT2D eigenvalue weighted by molar-refractivity contribution is 0.0527. The number of nitrogens with one attached hydrogen (secondary N) is 1. The number of aromatic amines is 1. The molecule has 5 heteroatoms. The predicted molar refractivity (Wildman–Crippen MR) is 82.5 cm³/mol. The number of H-pyrrole nitrogens is 1. The van der Waals surface area contributed by atoms with Gasteiger partial charge in [-0.1, -0.05) is 12.1 Å². The van der Waals surface area contributed by atoms with Crippen molar-refractivity contribution < 1.29 is 14.3 Å². The molecule has 1 heterocycles. The lowest BCUT2D eigenvalue weighted by Crippen LogP contribution is -2.07. The normalized spacial score (nSPS) is 10.4. The molecule has 21 heavy (non-hydrogen) atoms. The van der Waals surface area contributed by atoms with E-state index in [0.717, 1.165) is 11.3 Å². The maximum Gasteiger partial charge on any atom is 0.342 e. The van der Waals surface area contributed by atoms with Crippen LogP contribution in [0.2, 0.25) is 0 Å². The van der Waals surface area contributed by atoms with E-state index in [9.17, 15) is 4.79 Å². The quantitative estimate of drug-likeness (QED) is 0.828. The molecule has 0 fully saturated rings. The number of carbonyl (C=O) groups is 1. The highest BCUT2D eigenvalue weighted by Crippen LogP contribution is 2.32. The van der Waals surface area contributed by atoms with Crippen molar-refractivity contribution in [3.8, 4) is 17.0 Å². The van der Waals surface area contributed by atoms with E-state index in [0.29, 0.717) is 35.9 Å². The van der Waals surface area contributed by atoms with Crippen LogP contribution in [0.5, 0.6) is 5.75 Å². The van der Waals surface area contributed by atoms with Crippen LogP contribution in [0.1, 0.15) is 29.9 Å². The fourth-order valence-electron chi connectivity index (χ4n) is 2.25. The molecule has 0 atom stereocenters. The minimum atomic E-state index is -0.407. The Hall–Kier alpha value is -2.43. The average Bonchev–Trinajstić information content (AvgIpc) is 2.75. The molecule has 0 unspecified atom stereocenters. The third-order valence-electron chi connectivity index (χ3n) is 3.14. The van der Waals surface area contributed by atoms with Crippen LogP contribution in [0.25, 0.3) is 11.3 Å². The van der Waals surface area contributed by atoms with Crippen molar-refractivity contribution in [2.75, 3.05) is 18.9 Å². The first kappa shape index (κ1) is 15.0. The topological polar surface area (TPSA) is 77.3 Å². The number of carbonyl (C=O) groups excluding carboxylic acids is 1. The molecule has 0 radical (unpaired) electrons. The zero-order valence-electron chi connectivity index (χ0n) is 12.5. The molecule has 0 aliphatic carbocycles. The van der Waals surface area contributed by atoms with Gasteiger partial charge in [-0.15, -0.1) is 0 Å². The second-order valence-electron chi connectivity index (χ2n) is 4.59. The molecule has 2 rings (SSSR count). The van der Waals surface area contributed by atoms with E-state index in [1.807, 2.05) is 31.2 Å². The molecule has 5 nitrogen and oxygen atoms in total. The van der Waals surface area contributed by atoms with E-state index in [1.54, 1.807) is 13.8 Å². The number of rotatable bonds is 5. The third-order valence-corrected chi connectivity index (χ3v) is 3.14. The van der Waals surface area contributed by atoms with Crippen LogP contribution < -0.4 is 10.5 Å². The Bertz CT molecular complexity index is 647. The summed E-state index contributed by atoms with van der Waals surface area (Å²) in [6.07, 6.45) is 0. The van der Waals surface area contributed by atoms with Gasteiger partial charge in [-0.25, -0.2) is 4.79 Å². The van der Waals surface area contributed by atoms with Crippen molar-refractivity contribution in [3.63, 3.8) is 0 Å². The molecule has 0 aliphatic rings. The minimum absolute atomic E-state index is 0.318. The highest BCUT2D eigenvalue weighted by Gasteiger charge is 2.21. The first-order valence-electron chi connectivity index (χ1n) is 6.96. The van der Waals surface area contributed by atoms with Crippen LogP contribution in [0.3, 0.4) is 0 Å². The van der Waals surface area contributed by atoms with E-state index >= 15 is 0 Å². The monoisotopic (exact) mass is 288 g/mol. The average molecular weight is 288 g/mol. The fourth-order valence-corrected chi connectivity index (χ4v) is 2.25. The smallest absolute Gasteiger partial charge is 0.342 e. The molecular formula is C16H20N2O3. The van der Waals surface area contributed by atoms with Gasteiger partial charge in [-0.05, 0) is 32.9 Å². The maximum absolute atomic E-state index is 12.0. The van der Waals surface area contributed by atoms with E-state index in [-0.39, 0.29) is 0 Å². The molecule has 0 bridgehead atoms. The number of aromatic nitrogens is 1. The van der Waals surface area contributed by atoms with Gasteiger partial charge in [0.1, 0.15) is 11.3 Å². The summed E-state index contributed by atoms with van der Waals surface area (Å²) in [4.78, 5) is 15.1. The summed E-state index contributed by atoms with van der Waals surface area (Å²) >= 11 is 0. The number of benzene rings is 1. The molecule has 0 saturated heterocycles. The van der Waals surface area contributed by atoms with Gasteiger partial charge in [-0.2, -0.15) is 0 Å².